The van der Waals surface area contributed by atoms with Crippen molar-refractivity contribution in [1.29, 1.82) is 0 Å². The van der Waals surface area contributed by atoms with E-state index >= 15 is 0 Å². The molecule has 0 aromatic carbocycles. The maximum atomic E-state index is 11.3. The lowest BCUT2D eigenvalue weighted by atomic mass is 9.78. The van der Waals surface area contributed by atoms with Crippen LogP contribution in [0.3, 0.4) is 0 Å². The summed E-state index contributed by atoms with van der Waals surface area (Å²) < 4.78 is 0. The molecular formula is C13H21N5O2. The van der Waals surface area contributed by atoms with Crippen LogP contribution in [-0.2, 0) is 0 Å². The van der Waals surface area contributed by atoms with Crippen LogP contribution in [0.25, 0.3) is 0 Å². The van der Waals surface area contributed by atoms with Gasteiger partial charge in [-0.05, 0) is 18.3 Å². The lowest BCUT2D eigenvalue weighted by Crippen LogP contribution is -2.39. The van der Waals surface area contributed by atoms with Gasteiger partial charge in [0, 0.05) is 20.1 Å². The van der Waals surface area contributed by atoms with E-state index in [0.29, 0.717) is 11.2 Å². The molecule has 1 fully saturated rings. The fourth-order valence-electron chi connectivity index (χ4n) is 2.56. The number of nitro groups is 1. The molecular weight excluding hydrogens is 258 g/mol. The summed E-state index contributed by atoms with van der Waals surface area (Å²) in [7, 11) is 1.63. The summed E-state index contributed by atoms with van der Waals surface area (Å²) in [6, 6.07) is 0. The van der Waals surface area contributed by atoms with Gasteiger partial charge in [0.05, 0.1) is 4.92 Å². The Labute approximate surface area is 118 Å². The minimum atomic E-state index is -0.408. The van der Waals surface area contributed by atoms with Crippen LogP contribution in [0.1, 0.15) is 33.1 Å². The molecule has 20 heavy (non-hydrogen) atoms. The maximum Gasteiger partial charge on any atom is 0.353 e. The van der Waals surface area contributed by atoms with Gasteiger partial charge in [-0.2, -0.15) is 0 Å². The molecule has 2 heterocycles. The van der Waals surface area contributed by atoms with Crippen molar-refractivity contribution < 1.29 is 4.92 Å². The Hall–Kier alpha value is -1.92. The van der Waals surface area contributed by atoms with E-state index < -0.39 is 4.92 Å². The van der Waals surface area contributed by atoms with E-state index in [0.717, 1.165) is 32.4 Å². The Morgan fingerprint density at radius 1 is 1.45 bits per heavy atom. The Morgan fingerprint density at radius 2 is 2.10 bits per heavy atom. The predicted octanol–water partition coefficient (Wildman–Crippen LogP) is 2.44. The van der Waals surface area contributed by atoms with Gasteiger partial charge in [0.25, 0.3) is 0 Å². The van der Waals surface area contributed by atoms with Gasteiger partial charge in [0.15, 0.2) is 0 Å². The Balaban J connectivity index is 2.28. The second-order valence-electron chi connectivity index (χ2n) is 5.55. The number of hydrogen-bond acceptors (Lipinski definition) is 6. The molecule has 7 heteroatoms. The standard InChI is InChI=1S/C13H21N5O2/c1-4-13(2)5-7-17(8-6-13)12-10(18(19)20)11(14-3)15-9-16-12/h9H,4-8H2,1-3H3,(H,14,15,16). The van der Waals surface area contributed by atoms with Gasteiger partial charge in [0.2, 0.25) is 11.6 Å². The van der Waals surface area contributed by atoms with Crippen LogP contribution in [0.5, 0.6) is 0 Å². The molecule has 0 bridgehead atoms. The molecule has 1 N–H and O–H groups in total. The zero-order chi connectivity index (χ0) is 14.8. The second kappa shape index (κ2) is 5.60. The fraction of sp³-hybridized carbons (Fsp3) is 0.692. The maximum absolute atomic E-state index is 11.3. The van der Waals surface area contributed by atoms with Crippen molar-refractivity contribution >= 4 is 17.3 Å². The average molecular weight is 279 g/mol. The Kier molecular flexibility index (Phi) is 4.06. The van der Waals surface area contributed by atoms with Crippen molar-refractivity contribution in [2.45, 2.75) is 33.1 Å². The number of aromatic nitrogens is 2. The zero-order valence-corrected chi connectivity index (χ0v) is 12.2. The number of rotatable bonds is 4. The lowest BCUT2D eigenvalue weighted by molar-refractivity contribution is -0.383. The van der Waals surface area contributed by atoms with Gasteiger partial charge in [-0.15, -0.1) is 0 Å². The molecule has 0 atom stereocenters. The van der Waals surface area contributed by atoms with Crippen LogP contribution >= 0.6 is 0 Å². The highest BCUT2D eigenvalue weighted by atomic mass is 16.6. The summed E-state index contributed by atoms with van der Waals surface area (Å²) in [6.45, 7) is 6.07. The quantitative estimate of drug-likeness (QED) is 0.673. The van der Waals surface area contributed by atoms with Gasteiger partial charge < -0.3 is 10.2 Å². The van der Waals surface area contributed by atoms with E-state index in [1.807, 2.05) is 4.90 Å². The number of hydrogen-bond donors (Lipinski definition) is 1. The molecule has 110 valence electrons. The van der Waals surface area contributed by atoms with Crippen LogP contribution in [-0.4, -0.2) is 35.0 Å². The SMILES string of the molecule is CCC1(C)CCN(c2ncnc(NC)c2[N+](=O)[O-])CC1. The second-order valence-corrected chi connectivity index (χ2v) is 5.55. The molecule has 0 saturated carbocycles. The molecule has 1 aromatic rings. The number of nitrogens with zero attached hydrogens (tertiary/aromatic N) is 4. The number of piperidine rings is 1. The Bertz CT molecular complexity index is 498. The summed E-state index contributed by atoms with van der Waals surface area (Å²) in [4.78, 5) is 20.9. The largest absolute Gasteiger partial charge is 0.367 e. The van der Waals surface area contributed by atoms with Gasteiger partial charge in [0.1, 0.15) is 6.33 Å². The highest BCUT2D eigenvalue weighted by Crippen LogP contribution is 2.38. The number of anilines is 2. The minimum absolute atomic E-state index is 0.0323. The van der Waals surface area contributed by atoms with Gasteiger partial charge >= 0.3 is 5.69 Å². The van der Waals surface area contributed by atoms with E-state index in [9.17, 15) is 10.1 Å². The summed E-state index contributed by atoms with van der Waals surface area (Å²) in [6.07, 6.45) is 4.56. The van der Waals surface area contributed by atoms with Crippen LogP contribution in [0.2, 0.25) is 0 Å². The summed E-state index contributed by atoms with van der Waals surface area (Å²) >= 11 is 0. The lowest BCUT2D eigenvalue weighted by Gasteiger charge is -2.39. The molecule has 2 rings (SSSR count). The normalized spacial score (nSPS) is 17.9. The first-order valence-electron chi connectivity index (χ1n) is 6.93. The number of nitrogens with one attached hydrogen (secondary N) is 1. The minimum Gasteiger partial charge on any atom is -0.367 e. The molecule has 1 saturated heterocycles. The molecule has 1 aromatic heterocycles. The van der Waals surface area contributed by atoms with E-state index in [1.165, 1.54) is 6.33 Å². The summed E-state index contributed by atoms with van der Waals surface area (Å²) in [5.41, 5.74) is 0.305. The monoisotopic (exact) mass is 279 g/mol. The van der Waals surface area contributed by atoms with Gasteiger partial charge in [-0.25, -0.2) is 9.97 Å². The third kappa shape index (κ3) is 2.66. The van der Waals surface area contributed by atoms with Crippen LogP contribution < -0.4 is 10.2 Å². The van der Waals surface area contributed by atoms with Crippen LogP contribution in [0.4, 0.5) is 17.3 Å². The van der Waals surface area contributed by atoms with E-state index in [2.05, 4.69) is 29.1 Å². The molecule has 1 aliphatic heterocycles. The molecule has 0 spiro atoms. The first-order chi connectivity index (χ1) is 9.50. The molecule has 7 nitrogen and oxygen atoms in total. The van der Waals surface area contributed by atoms with Crippen molar-refractivity contribution in [2.75, 3.05) is 30.4 Å². The van der Waals surface area contributed by atoms with Crippen LogP contribution in [0, 0.1) is 15.5 Å². The summed E-state index contributed by atoms with van der Waals surface area (Å²) in [5.74, 6) is 0.691. The predicted molar refractivity (Wildman–Crippen MR) is 78.1 cm³/mol. The van der Waals surface area contributed by atoms with Gasteiger partial charge in [-0.1, -0.05) is 20.3 Å². The Morgan fingerprint density at radius 3 is 2.60 bits per heavy atom. The van der Waals surface area contributed by atoms with Crippen molar-refractivity contribution in [3.8, 4) is 0 Å². The average Bonchev–Trinajstić information content (AvgIpc) is 2.47. The summed E-state index contributed by atoms with van der Waals surface area (Å²) in [5, 5.41) is 14.1. The third-order valence-electron chi connectivity index (χ3n) is 4.35. The van der Waals surface area contributed by atoms with Crippen molar-refractivity contribution in [2.24, 2.45) is 5.41 Å². The topological polar surface area (TPSA) is 84.2 Å². The molecule has 0 amide bonds. The van der Waals surface area contributed by atoms with E-state index in [-0.39, 0.29) is 11.5 Å². The van der Waals surface area contributed by atoms with Crippen LogP contribution in [0.15, 0.2) is 6.33 Å². The highest BCUT2D eigenvalue weighted by molar-refractivity contribution is 5.70. The van der Waals surface area contributed by atoms with Crippen molar-refractivity contribution in [3.63, 3.8) is 0 Å². The smallest absolute Gasteiger partial charge is 0.353 e. The van der Waals surface area contributed by atoms with E-state index in [1.54, 1.807) is 7.05 Å². The highest BCUT2D eigenvalue weighted by Gasteiger charge is 2.33. The fourth-order valence-corrected chi connectivity index (χ4v) is 2.56. The van der Waals surface area contributed by atoms with Gasteiger partial charge in [-0.3, -0.25) is 10.1 Å². The van der Waals surface area contributed by atoms with E-state index in [4.69, 9.17) is 0 Å². The molecule has 0 radical (unpaired) electrons. The van der Waals surface area contributed by atoms with Crippen molar-refractivity contribution in [3.05, 3.63) is 16.4 Å². The molecule has 0 aliphatic carbocycles. The van der Waals surface area contributed by atoms with Crippen molar-refractivity contribution in [1.82, 2.24) is 9.97 Å². The first kappa shape index (κ1) is 14.5. The third-order valence-corrected chi connectivity index (χ3v) is 4.35. The first-order valence-corrected chi connectivity index (χ1v) is 6.93. The zero-order valence-electron chi connectivity index (χ0n) is 12.2. The molecule has 0 unspecified atom stereocenters. The molecule has 1 aliphatic rings.